The van der Waals surface area contributed by atoms with Crippen molar-refractivity contribution < 1.29 is 23.8 Å². The zero-order valence-electron chi connectivity index (χ0n) is 16.7. The second-order valence-corrected chi connectivity index (χ2v) is 6.38. The SMILES string of the molecule is COc1cc(/C=N\NC(=O)Nc2ccccc2)ccc1OCC(=O)N1CCOCC1. The lowest BCUT2D eigenvalue weighted by Gasteiger charge is -2.26. The summed E-state index contributed by atoms with van der Waals surface area (Å²) < 4.78 is 16.2. The zero-order valence-corrected chi connectivity index (χ0v) is 16.7. The van der Waals surface area contributed by atoms with E-state index in [0.717, 1.165) is 0 Å². The van der Waals surface area contributed by atoms with Gasteiger partial charge in [0.1, 0.15) is 0 Å². The Labute approximate surface area is 174 Å². The number of morpholine rings is 1. The fourth-order valence-electron chi connectivity index (χ4n) is 2.77. The van der Waals surface area contributed by atoms with E-state index in [9.17, 15) is 9.59 Å². The van der Waals surface area contributed by atoms with E-state index in [0.29, 0.717) is 49.1 Å². The lowest BCUT2D eigenvalue weighted by atomic mass is 10.2. The van der Waals surface area contributed by atoms with Gasteiger partial charge in [0.15, 0.2) is 18.1 Å². The standard InChI is InChI=1S/C21H24N4O5/c1-28-19-13-16(14-22-24-21(27)23-17-5-3-2-4-6-17)7-8-18(19)30-15-20(26)25-9-11-29-12-10-25/h2-8,13-14H,9-12,15H2,1H3,(H2,23,24,27)/b22-14-. The number of anilines is 1. The summed E-state index contributed by atoms with van der Waals surface area (Å²) in [5.41, 5.74) is 3.76. The van der Waals surface area contributed by atoms with Crippen LogP contribution in [0.1, 0.15) is 5.56 Å². The Morgan fingerprint density at radius 3 is 2.63 bits per heavy atom. The largest absolute Gasteiger partial charge is 0.493 e. The van der Waals surface area contributed by atoms with E-state index in [1.165, 1.54) is 13.3 Å². The first-order chi connectivity index (χ1) is 14.7. The Morgan fingerprint density at radius 1 is 1.13 bits per heavy atom. The van der Waals surface area contributed by atoms with Crippen LogP contribution in [-0.4, -0.2) is 63.1 Å². The second-order valence-electron chi connectivity index (χ2n) is 6.38. The van der Waals surface area contributed by atoms with Crippen molar-refractivity contribution in [3.63, 3.8) is 0 Å². The minimum absolute atomic E-state index is 0.0784. The molecule has 2 N–H and O–H groups in total. The highest BCUT2D eigenvalue weighted by Crippen LogP contribution is 2.27. The summed E-state index contributed by atoms with van der Waals surface area (Å²) >= 11 is 0. The molecule has 1 aliphatic heterocycles. The van der Waals surface area contributed by atoms with Crippen LogP contribution in [0.5, 0.6) is 11.5 Å². The maximum absolute atomic E-state index is 12.2. The molecule has 30 heavy (non-hydrogen) atoms. The van der Waals surface area contributed by atoms with Gasteiger partial charge in [0, 0.05) is 18.8 Å². The molecule has 1 heterocycles. The molecule has 9 heteroatoms. The summed E-state index contributed by atoms with van der Waals surface area (Å²) in [7, 11) is 1.51. The monoisotopic (exact) mass is 412 g/mol. The Balaban J connectivity index is 1.52. The summed E-state index contributed by atoms with van der Waals surface area (Å²) in [6.45, 7) is 2.14. The molecule has 0 spiro atoms. The molecule has 0 atom stereocenters. The van der Waals surface area contributed by atoms with Crippen LogP contribution >= 0.6 is 0 Å². The lowest BCUT2D eigenvalue weighted by molar-refractivity contribution is -0.137. The third-order valence-corrected chi connectivity index (χ3v) is 4.31. The molecule has 9 nitrogen and oxygen atoms in total. The van der Waals surface area contributed by atoms with Crippen LogP contribution in [0.15, 0.2) is 53.6 Å². The van der Waals surface area contributed by atoms with Crippen molar-refractivity contribution in [3.8, 4) is 11.5 Å². The Hall–Kier alpha value is -3.59. The minimum atomic E-state index is -0.453. The fourth-order valence-corrected chi connectivity index (χ4v) is 2.77. The molecule has 1 fully saturated rings. The molecule has 1 aliphatic rings. The summed E-state index contributed by atoms with van der Waals surface area (Å²) in [5, 5.41) is 6.58. The highest BCUT2D eigenvalue weighted by Gasteiger charge is 2.18. The number of rotatable bonds is 7. The first-order valence-electron chi connectivity index (χ1n) is 9.47. The number of benzene rings is 2. The van der Waals surface area contributed by atoms with E-state index in [2.05, 4.69) is 15.8 Å². The molecule has 3 rings (SSSR count). The van der Waals surface area contributed by atoms with Gasteiger partial charge in [0.05, 0.1) is 26.5 Å². The van der Waals surface area contributed by atoms with Crippen LogP contribution in [0.25, 0.3) is 0 Å². The van der Waals surface area contributed by atoms with Crippen LogP contribution in [0.3, 0.4) is 0 Å². The quantitative estimate of drug-likeness (QED) is 0.536. The number of urea groups is 1. The number of nitrogens with one attached hydrogen (secondary N) is 2. The third kappa shape index (κ3) is 6.21. The molecule has 0 unspecified atom stereocenters. The zero-order chi connectivity index (χ0) is 21.2. The molecule has 0 aromatic heterocycles. The summed E-state index contributed by atoms with van der Waals surface area (Å²) in [6.07, 6.45) is 1.48. The topological polar surface area (TPSA) is 101 Å². The average molecular weight is 412 g/mol. The number of carbonyl (C=O) groups is 2. The number of ether oxygens (including phenoxy) is 3. The summed E-state index contributed by atoms with van der Waals surface area (Å²) in [5.74, 6) is 0.813. The van der Waals surface area contributed by atoms with Gasteiger partial charge in [-0.3, -0.25) is 4.79 Å². The predicted molar refractivity (Wildman–Crippen MR) is 112 cm³/mol. The van der Waals surface area contributed by atoms with E-state index in [1.54, 1.807) is 35.2 Å². The van der Waals surface area contributed by atoms with Crippen molar-refractivity contribution in [3.05, 3.63) is 54.1 Å². The van der Waals surface area contributed by atoms with Gasteiger partial charge in [0.25, 0.3) is 5.91 Å². The number of hydrogen-bond donors (Lipinski definition) is 2. The third-order valence-electron chi connectivity index (χ3n) is 4.31. The molecule has 0 bridgehead atoms. The van der Waals surface area contributed by atoms with Gasteiger partial charge >= 0.3 is 6.03 Å². The molecular formula is C21H24N4O5. The van der Waals surface area contributed by atoms with Crippen LogP contribution in [0.4, 0.5) is 10.5 Å². The van der Waals surface area contributed by atoms with Gasteiger partial charge < -0.3 is 24.4 Å². The van der Waals surface area contributed by atoms with E-state index < -0.39 is 6.03 Å². The number of nitrogens with zero attached hydrogens (tertiary/aromatic N) is 2. The van der Waals surface area contributed by atoms with Crippen molar-refractivity contribution in [1.82, 2.24) is 10.3 Å². The molecule has 2 aromatic rings. The fraction of sp³-hybridized carbons (Fsp3) is 0.286. The number of carbonyl (C=O) groups excluding carboxylic acids is 2. The number of para-hydroxylation sites is 1. The average Bonchev–Trinajstić information content (AvgIpc) is 2.79. The Morgan fingerprint density at radius 2 is 1.90 bits per heavy atom. The van der Waals surface area contributed by atoms with Crippen LogP contribution in [-0.2, 0) is 9.53 Å². The molecule has 3 amide bonds. The van der Waals surface area contributed by atoms with Crippen molar-refractivity contribution >= 4 is 23.8 Å². The highest BCUT2D eigenvalue weighted by molar-refractivity contribution is 5.90. The van der Waals surface area contributed by atoms with Crippen molar-refractivity contribution in [2.45, 2.75) is 0 Å². The van der Waals surface area contributed by atoms with Crippen LogP contribution in [0.2, 0.25) is 0 Å². The molecule has 158 valence electrons. The van der Waals surface area contributed by atoms with Gasteiger partial charge in [-0.05, 0) is 35.9 Å². The predicted octanol–water partition coefficient (Wildman–Crippen LogP) is 2.09. The normalized spacial score (nSPS) is 13.7. The molecule has 1 saturated heterocycles. The Kier molecular flexibility index (Phi) is 7.62. The van der Waals surface area contributed by atoms with Gasteiger partial charge in [0.2, 0.25) is 0 Å². The van der Waals surface area contributed by atoms with Gasteiger partial charge in [-0.1, -0.05) is 18.2 Å². The van der Waals surface area contributed by atoms with Crippen LogP contribution in [0, 0.1) is 0 Å². The molecular weight excluding hydrogens is 388 g/mol. The molecule has 2 aromatic carbocycles. The number of hydrazone groups is 1. The summed E-state index contributed by atoms with van der Waals surface area (Å²) in [4.78, 5) is 25.8. The molecule has 0 saturated carbocycles. The maximum atomic E-state index is 12.2. The Bertz CT molecular complexity index is 882. The summed E-state index contributed by atoms with van der Waals surface area (Å²) in [6, 6.07) is 13.7. The van der Waals surface area contributed by atoms with Gasteiger partial charge in [-0.2, -0.15) is 5.10 Å². The van der Waals surface area contributed by atoms with Crippen molar-refractivity contribution in [1.29, 1.82) is 0 Å². The van der Waals surface area contributed by atoms with Crippen molar-refractivity contribution in [2.24, 2.45) is 5.10 Å². The van der Waals surface area contributed by atoms with Crippen LogP contribution < -0.4 is 20.2 Å². The number of amides is 3. The van der Waals surface area contributed by atoms with Crippen molar-refractivity contribution in [2.75, 3.05) is 45.3 Å². The second kappa shape index (κ2) is 10.8. The lowest BCUT2D eigenvalue weighted by Crippen LogP contribution is -2.43. The number of hydrogen-bond acceptors (Lipinski definition) is 6. The van der Waals surface area contributed by atoms with Gasteiger partial charge in [-0.15, -0.1) is 0 Å². The maximum Gasteiger partial charge on any atom is 0.339 e. The minimum Gasteiger partial charge on any atom is -0.493 e. The van der Waals surface area contributed by atoms with E-state index in [-0.39, 0.29) is 12.5 Å². The van der Waals surface area contributed by atoms with E-state index in [4.69, 9.17) is 14.2 Å². The van der Waals surface area contributed by atoms with E-state index >= 15 is 0 Å². The first kappa shape index (κ1) is 21.1. The van der Waals surface area contributed by atoms with E-state index in [1.807, 2.05) is 18.2 Å². The van der Waals surface area contributed by atoms with Gasteiger partial charge in [-0.25, -0.2) is 10.2 Å². The highest BCUT2D eigenvalue weighted by atomic mass is 16.5. The number of methoxy groups -OCH3 is 1. The smallest absolute Gasteiger partial charge is 0.339 e. The molecule has 0 radical (unpaired) electrons. The molecule has 0 aliphatic carbocycles. The first-order valence-corrected chi connectivity index (χ1v) is 9.47.